The molecule has 4 heterocycles. The SMILES string of the molecule is CC(C)N1CCOc2c(F)cc(-c3nc(Cc4cc(CO)c(C5CCN(C)CC5)cn4)ncc3F)cc21. The minimum absolute atomic E-state index is 0.0336. The molecule has 7 nitrogen and oxygen atoms in total. The number of rotatable bonds is 6. The van der Waals surface area contributed by atoms with Crippen LogP contribution < -0.4 is 9.64 Å². The molecule has 0 saturated carbocycles. The quantitative estimate of drug-likeness (QED) is 0.531. The lowest BCUT2D eigenvalue weighted by Crippen LogP contribution is -2.38. The molecule has 0 amide bonds. The second-order valence-corrected chi connectivity index (χ2v) is 10.2. The van der Waals surface area contributed by atoms with Crippen LogP contribution in [0.4, 0.5) is 14.5 Å². The molecule has 1 aromatic carbocycles. The standard InChI is InChI=1S/C28H33F2N5O2/c1-17(2)35-8-9-37-28-23(29)11-19(12-25(28)35)27-24(30)15-32-26(33-27)13-21-10-20(16-36)22(14-31-21)18-4-6-34(3)7-5-18/h10-12,14-15,17-18,36H,4-9,13,16H2,1-3H3. The summed E-state index contributed by atoms with van der Waals surface area (Å²) in [6, 6.07) is 5.00. The summed E-state index contributed by atoms with van der Waals surface area (Å²) < 4.78 is 35.4. The fourth-order valence-electron chi connectivity index (χ4n) is 5.31. The molecule has 1 N–H and O–H groups in total. The number of aliphatic hydroxyl groups excluding tert-OH is 1. The van der Waals surface area contributed by atoms with Crippen molar-refractivity contribution in [2.45, 2.75) is 51.7 Å². The van der Waals surface area contributed by atoms with Crippen LogP contribution in [0.3, 0.4) is 0 Å². The van der Waals surface area contributed by atoms with Crippen molar-refractivity contribution < 1.29 is 18.6 Å². The minimum Gasteiger partial charge on any atom is -0.486 e. The van der Waals surface area contributed by atoms with Gasteiger partial charge in [-0.15, -0.1) is 0 Å². The normalized spacial score (nSPS) is 16.7. The lowest BCUT2D eigenvalue weighted by Gasteiger charge is -2.34. The molecular weight excluding hydrogens is 476 g/mol. The van der Waals surface area contributed by atoms with Crippen molar-refractivity contribution in [3.8, 4) is 17.0 Å². The fourth-order valence-corrected chi connectivity index (χ4v) is 5.31. The smallest absolute Gasteiger partial charge is 0.178 e. The number of halogens is 2. The van der Waals surface area contributed by atoms with E-state index in [0.717, 1.165) is 43.3 Å². The first-order valence-electron chi connectivity index (χ1n) is 12.9. The maximum atomic E-state index is 15.0. The Bertz CT molecular complexity index is 1280. The number of pyridine rings is 1. The number of piperidine rings is 1. The van der Waals surface area contributed by atoms with Crippen LogP contribution in [0.5, 0.6) is 5.75 Å². The highest BCUT2D eigenvalue weighted by Crippen LogP contribution is 2.39. The van der Waals surface area contributed by atoms with Gasteiger partial charge in [0.05, 0.1) is 31.5 Å². The van der Waals surface area contributed by atoms with Gasteiger partial charge in [0.15, 0.2) is 17.4 Å². The van der Waals surface area contributed by atoms with E-state index in [1.807, 2.05) is 31.0 Å². The van der Waals surface area contributed by atoms with E-state index in [-0.39, 0.29) is 30.5 Å². The molecule has 1 saturated heterocycles. The Morgan fingerprint density at radius 3 is 2.57 bits per heavy atom. The highest BCUT2D eigenvalue weighted by Gasteiger charge is 2.26. The Balaban J connectivity index is 1.43. The Kier molecular flexibility index (Phi) is 7.35. The van der Waals surface area contributed by atoms with Crippen molar-refractivity contribution >= 4 is 5.69 Å². The highest BCUT2D eigenvalue weighted by molar-refractivity contribution is 5.72. The first-order valence-corrected chi connectivity index (χ1v) is 12.9. The second-order valence-electron chi connectivity index (χ2n) is 10.2. The van der Waals surface area contributed by atoms with Crippen LogP contribution in [0.2, 0.25) is 0 Å². The van der Waals surface area contributed by atoms with Gasteiger partial charge in [-0.3, -0.25) is 4.98 Å². The number of hydrogen-bond donors (Lipinski definition) is 1. The van der Waals surface area contributed by atoms with E-state index >= 15 is 0 Å². The summed E-state index contributed by atoms with van der Waals surface area (Å²) in [7, 11) is 2.12. The molecule has 37 heavy (non-hydrogen) atoms. The average Bonchev–Trinajstić information content (AvgIpc) is 2.90. The maximum Gasteiger partial charge on any atom is 0.178 e. The van der Waals surface area contributed by atoms with Gasteiger partial charge in [0.1, 0.15) is 18.1 Å². The molecule has 0 radical (unpaired) electrons. The number of likely N-dealkylation sites (tertiary alicyclic amines) is 1. The maximum absolute atomic E-state index is 15.0. The zero-order valence-electron chi connectivity index (χ0n) is 21.5. The van der Waals surface area contributed by atoms with Gasteiger partial charge in [-0.05, 0) is 82.1 Å². The lowest BCUT2D eigenvalue weighted by molar-refractivity contribution is 0.249. The van der Waals surface area contributed by atoms with Gasteiger partial charge in [0.25, 0.3) is 0 Å². The zero-order valence-corrected chi connectivity index (χ0v) is 21.5. The number of ether oxygens (including phenoxy) is 1. The third-order valence-electron chi connectivity index (χ3n) is 7.35. The van der Waals surface area contributed by atoms with Gasteiger partial charge in [0.2, 0.25) is 0 Å². The molecule has 0 atom stereocenters. The van der Waals surface area contributed by atoms with Crippen LogP contribution in [0.15, 0.2) is 30.6 Å². The van der Waals surface area contributed by atoms with Crippen LogP contribution in [-0.2, 0) is 13.0 Å². The largest absolute Gasteiger partial charge is 0.486 e. The summed E-state index contributed by atoms with van der Waals surface area (Å²) in [6.45, 7) is 7.03. The van der Waals surface area contributed by atoms with E-state index in [1.165, 1.54) is 6.07 Å². The number of benzene rings is 1. The number of anilines is 1. The minimum atomic E-state index is -0.627. The molecule has 5 rings (SSSR count). The number of nitrogens with zero attached hydrogens (tertiary/aromatic N) is 5. The number of hydrogen-bond acceptors (Lipinski definition) is 7. The predicted molar refractivity (Wildman–Crippen MR) is 138 cm³/mol. The monoisotopic (exact) mass is 509 g/mol. The average molecular weight is 510 g/mol. The van der Waals surface area contributed by atoms with Crippen LogP contribution in [0, 0.1) is 11.6 Å². The van der Waals surface area contributed by atoms with Crippen LogP contribution in [0.25, 0.3) is 11.3 Å². The van der Waals surface area contributed by atoms with Crippen LogP contribution >= 0.6 is 0 Å². The van der Waals surface area contributed by atoms with Crippen molar-refractivity contribution in [2.75, 3.05) is 38.2 Å². The molecule has 1 fully saturated rings. The predicted octanol–water partition coefficient (Wildman–Crippen LogP) is 4.32. The van der Waals surface area contributed by atoms with E-state index in [1.54, 1.807) is 6.07 Å². The Hall–Kier alpha value is -3.17. The van der Waals surface area contributed by atoms with Crippen molar-refractivity contribution in [3.63, 3.8) is 0 Å². The van der Waals surface area contributed by atoms with Crippen molar-refractivity contribution in [1.82, 2.24) is 19.9 Å². The van der Waals surface area contributed by atoms with Crippen LogP contribution in [0.1, 0.15) is 55.3 Å². The van der Waals surface area contributed by atoms with E-state index in [0.29, 0.717) is 41.8 Å². The molecule has 2 aromatic heterocycles. The highest BCUT2D eigenvalue weighted by atomic mass is 19.1. The van der Waals surface area contributed by atoms with Crippen LogP contribution in [-0.4, -0.2) is 64.3 Å². The van der Waals surface area contributed by atoms with Crippen molar-refractivity contribution in [1.29, 1.82) is 0 Å². The first kappa shape index (κ1) is 25.5. The van der Waals surface area contributed by atoms with E-state index < -0.39 is 11.6 Å². The summed E-state index contributed by atoms with van der Waals surface area (Å²) in [4.78, 5) is 17.6. The molecule has 0 unspecified atom stereocenters. The molecule has 0 bridgehead atoms. The third-order valence-corrected chi connectivity index (χ3v) is 7.35. The lowest BCUT2D eigenvalue weighted by atomic mass is 9.87. The molecule has 2 aliphatic rings. The number of fused-ring (bicyclic) bond motifs is 1. The first-order chi connectivity index (χ1) is 17.8. The van der Waals surface area contributed by atoms with Gasteiger partial charge < -0.3 is 19.6 Å². The Morgan fingerprint density at radius 1 is 1.05 bits per heavy atom. The zero-order chi connectivity index (χ0) is 26.1. The van der Waals surface area contributed by atoms with Crippen molar-refractivity contribution in [2.24, 2.45) is 0 Å². The molecule has 3 aromatic rings. The van der Waals surface area contributed by atoms with Gasteiger partial charge in [-0.2, -0.15) is 0 Å². The van der Waals surface area contributed by atoms with E-state index in [4.69, 9.17) is 4.74 Å². The topological polar surface area (TPSA) is 74.6 Å². The van der Waals surface area contributed by atoms with Gasteiger partial charge in [-0.25, -0.2) is 18.7 Å². The summed E-state index contributed by atoms with van der Waals surface area (Å²) >= 11 is 0. The fraction of sp³-hybridized carbons (Fsp3) is 0.464. The summed E-state index contributed by atoms with van der Waals surface area (Å²) in [5, 5.41) is 10.0. The molecule has 9 heteroatoms. The molecule has 0 aliphatic carbocycles. The third kappa shape index (κ3) is 5.29. The summed E-state index contributed by atoms with van der Waals surface area (Å²) in [5.74, 6) is -0.241. The van der Waals surface area contributed by atoms with Crippen molar-refractivity contribution in [3.05, 3.63) is 64.9 Å². The summed E-state index contributed by atoms with van der Waals surface area (Å²) in [6.07, 6.45) is 5.30. The number of aromatic nitrogens is 3. The van der Waals surface area contributed by atoms with Gasteiger partial charge >= 0.3 is 0 Å². The van der Waals surface area contributed by atoms with Gasteiger partial charge in [-0.1, -0.05) is 0 Å². The molecular formula is C28H33F2N5O2. The number of aliphatic hydroxyl groups is 1. The van der Waals surface area contributed by atoms with Gasteiger partial charge in [0, 0.05) is 23.5 Å². The molecule has 2 aliphatic heterocycles. The molecule has 0 spiro atoms. The molecule has 196 valence electrons. The summed E-state index contributed by atoms with van der Waals surface area (Å²) in [5.41, 5.74) is 3.58. The Morgan fingerprint density at radius 2 is 1.84 bits per heavy atom. The van der Waals surface area contributed by atoms with E-state index in [9.17, 15) is 13.9 Å². The second kappa shape index (κ2) is 10.7. The Labute approximate surface area is 216 Å². The van der Waals surface area contributed by atoms with E-state index in [2.05, 4.69) is 26.9 Å².